The van der Waals surface area contributed by atoms with Crippen molar-refractivity contribution in [2.24, 2.45) is 0 Å². The average Bonchev–Trinajstić information content (AvgIpc) is 2.91. The summed E-state index contributed by atoms with van der Waals surface area (Å²) in [5.41, 5.74) is 0. The Bertz CT molecular complexity index is 391. The Labute approximate surface area is 136 Å². The number of aryl methyl sites for hydroxylation is 1. The van der Waals surface area contributed by atoms with Crippen LogP contribution in [0, 0.1) is 6.54 Å². The topological polar surface area (TPSA) is 33.5 Å². The first kappa shape index (κ1) is 16.9. The summed E-state index contributed by atoms with van der Waals surface area (Å²) in [7, 11) is 0. The lowest BCUT2D eigenvalue weighted by Crippen LogP contribution is -2.44. The molecule has 0 aliphatic carbocycles. The van der Waals surface area contributed by atoms with E-state index in [9.17, 15) is 0 Å². The molecule has 6 heteroatoms. The van der Waals surface area contributed by atoms with Crippen molar-refractivity contribution in [2.75, 3.05) is 45.9 Å². The van der Waals surface area contributed by atoms with Crippen LogP contribution in [0.1, 0.15) is 19.8 Å². The summed E-state index contributed by atoms with van der Waals surface area (Å²) in [6, 6.07) is 1.98. The predicted octanol–water partition coefficient (Wildman–Crippen LogP) is 2.24. The highest BCUT2D eigenvalue weighted by Gasteiger charge is 2.16. The van der Waals surface area contributed by atoms with Crippen molar-refractivity contribution in [1.82, 2.24) is 19.6 Å². The van der Waals surface area contributed by atoms with Crippen LogP contribution < -0.4 is 0 Å². The number of piperazine rings is 1. The van der Waals surface area contributed by atoms with E-state index in [4.69, 9.17) is 4.74 Å². The summed E-state index contributed by atoms with van der Waals surface area (Å²) >= 11 is 3.37. The smallest absolute Gasteiger partial charge is 0.128 e. The Morgan fingerprint density at radius 3 is 2.76 bits per heavy atom. The van der Waals surface area contributed by atoms with Crippen molar-refractivity contribution < 1.29 is 4.74 Å². The number of rotatable bonds is 9. The van der Waals surface area contributed by atoms with Gasteiger partial charge in [-0.3, -0.25) is 9.58 Å². The Kier molecular flexibility index (Phi) is 7.71. The molecule has 0 bridgehead atoms. The van der Waals surface area contributed by atoms with E-state index in [1.165, 1.54) is 19.4 Å². The van der Waals surface area contributed by atoms with Gasteiger partial charge in [-0.25, -0.2) is 0 Å². The Morgan fingerprint density at radius 2 is 2.10 bits per heavy atom. The van der Waals surface area contributed by atoms with Crippen molar-refractivity contribution in [3.8, 4) is 0 Å². The molecular formula is C15H26BrN4O. The minimum Gasteiger partial charge on any atom is -0.380 e. The maximum Gasteiger partial charge on any atom is 0.128 e. The van der Waals surface area contributed by atoms with Gasteiger partial charge in [-0.2, -0.15) is 5.10 Å². The van der Waals surface area contributed by atoms with Crippen molar-refractivity contribution in [3.63, 3.8) is 0 Å². The summed E-state index contributed by atoms with van der Waals surface area (Å²) in [5, 5.41) is 4.34. The van der Waals surface area contributed by atoms with E-state index >= 15 is 0 Å². The highest BCUT2D eigenvalue weighted by molar-refractivity contribution is 9.10. The standard InChI is InChI=1S/C15H26BrN4O/c1-2-21-14-13-19-11-9-18(10-12-19)6-3-4-7-20-8-5-15(16)17-20/h5,8,11H,2-4,6-7,9-10,12-14H2,1H3. The quantitative estimate of drug-likeness (QED) is 0.634. The van der Waals surface area contributed by atoms with Crippen LogP contribution in [-0.4, -0.2) is 65.5 Å². The molecule has 0 spiro atoms. The maximum atomic E-state index is 5.40. The Hall–Kier alpha value is -0.430. The molecule has 0 atom stereocenters. The van der Waals surface area contributed by atoms with E-state index in [0.29, 0.717) is 0 Å². The molecule has 2 heterocycles. The van der Waals surface area contributed by atoms with Crippen LogP contribution >= 0.6 is 15.9 Å². The predicted molar refractivity (Wildman–Crippen MR) is 88.0 cm³/mol. The lowest BCUT2D eigenvalue weighted by molar-refractivity contribution is 0.0998. The molecule has 2 rings (SSSR count). The molecule has 1 radical (unpaired) electrons. The normalized spacial score (nSPS) is 17.4. The molecule has 0 saturated carbocycles. The van der Waals surface area contributed by atoms with Crippen LogP contribution in [0.5, 0.6) is 0 Å². The molecule has 0 aromatic carbocycles. The van der Waals surface area contributed by atoms with Crippen LogP contribution in [0.15, 0.2) is 16.9 Å². The number of nitrogens with zero attached hydrogens (tertiary/aromatic N) is 4. The SMILES string of the molecule is CCOCCN1[CH]CN(CCCCn2ccc(Br)n2)CC1. The number of unbranched alkanes of at least 4 members (excludes halogenated alkanes) is 1. The molecule has 1 aliphatic rings. The second kappa shape index (κ2) is 9.56. The van der Waals surface area contributed by atoms with Gasteiger partial charge in [0.05, 0.1) is 6.61 Å². The minimum atomic E-state index is 0.812. The molecule has 1 aromatic rings. The first-order valence-electron chi connectivity index (χ1n) is 7.84. The van der Waals surface area contributed by atoms with Gasteiger partial charge in [0.25, 0.3) is 0 Å². The van der Waals surface area contributed by atoms with Crippen LogP contribution in [0.2, 0.25) is 0 Å². The molecule has 0 amide bonds. The van der Waals surface area contributed by atoms with Gasteiger partial charge in [0.1, 0.15) is 4.60 Å². The highest BCUT2D eigenvalue weighted by atomic mass is 79.9. The van der Waals surface area contributed by atoms with Gasteiger partial charge in [-0.05, 0) is 48.3 Å². The highest BCUT2D eigenvalue weighted by Crippen LogP contribution is 2.08. The molecule has 21 heavy (non-hydrogen) atoms. The van der Waals surface area contributed by atoms with Gasteiger partial charge in [0.15, 0.2) is 0 Å². The molecular weight excluding hydrogens is 332 g/mol. The average molecular weight is 358 g/mol. The number of hydrogen-bond donors (Lipinski definition) is 0. The summed E-state index contributed by atoms with van der Waals surface area (Å²) in [4.78, 5) is 4.91. The third kappa shape index (κ3) is 6.46. The zero-order chi connectivity index (χ0) is 14.9. The van der Waals surface area contributed by atoms with Gasteiger partial charge < -0.3 is 9.64 Å². The number of halogens is 1. The second-order valence-corrected chi connectivity index (χ2v) is 6.14. The van der Waals surface area contributed by atoms with E-state index in [1.807, 2.05) is 23.9 Å². The van der Waals surface area contributed by atoms with Crippen LogP contribution in [0.25, 0.3) is 0 Å². The molecule has 1 aliphatic heterocycles. The fraction of sp³-hybridized carbons (Fsp3) is 0.733. The number of aromatic nitrogens is 2. The molecule has 1 saturated heterocycles. The second-order valence-electron chi connectivity index (χ2n) is 5.32. The molecule has 1 fully saturated rings. The molecule has 119 valence electrons. The largest absolute Gasteiger partial charge is 0.380 e. The van der Waals surface area contributed by atoms with Gasteiger partial charge in [-0.1, -0.05) is 0 Å². The number of ether oxygens (including phenoxy) is 1. The van der Waals surface area contributed by atoms with Gasteiger partial charge in [0.2, 0.25) is 0 Å². The zero-order valence-electron chi connectivity index (χ0n) is 12.9. The van der Waals surface area contributed by atoms with Crippen LogP contribution in [0.4, 0.5) is 0 Å². The third-order valence-electron chi connectivity index (χ3n) is 3.75. The van der Waals surface area contributed by atoms with Crippen molar-refractivity contribution in [3.05, 3.63) is 23.4 Å². The van der Waals surface area contributed by atoms with Crippen LogP contribution in [0.3, 0.4) is 0 Å². The Balaban J connectivity index is 1.50. The third-order valence-corrected chi connectivity index (χ3v) is 4.17. The lowest BCUT2D eigenvalue weighted by Gasteiger charge is -2.34. The summed E-state index contributed by atoms with van der Waals surface area (Å²) in [5.74, 6) is 0. The Morgan fingerprint density at radius 1 is 1.24 bits per heavy atom. The lowest BCUT2D eigenvalue weighted by atomic mass is 10.2. The number of hydrogen-bond acceptors (Lipinski definition) is 4. The monoisotopic (exact) mass is 357 g/mol. The van der Waals surface area contributed by atoms with E-state index in [0.717, 1.165) is 50.5 Å². The van der Waals surface area contributed by atoms with Gasteiger partial charge in [-0.15, -0.1) is 0 Å². The fourth-order valence-electron chi connectivity index (χ4n) is 2.49. The molecule has 1 aromatic heterocycles. The van der Waals surface area contributed by atoms with Crippen LogP contribution in [-0.2, 0) is 11.3 Å². The summed E-state index contributed by atoms with van der Waals surface area (Å²) in [6.07, 6.45) is 4.43. The fourth-order valence-corrected chi connectivity index (χ4v) is 2.81. The van der Waals surface area contributed by atoms with E-state index < -0.39 is 0 Å². The first-order valence-corrected chi connectivity index (χ1v) is 8.63. The molecule has 0 unspecified atom stereocenters. The van der Waals surface area contributed by atoms with E-state index in [-0.39, 0.29) is 0 Å². The minimum absolute atomic E-state index is 0.812. The summed E-state index contributed by atoms with van der Waals surface area (Å²) < 4.78 is 8.32. The maximum absolute atomic E-state index is 5.40. The van der Waals surface area contributed by atoms with Crippen molar-refractivity contribution in [2.45, 2.75) is 26.3 Å². The van der Waals surface area contributed by atoms with E-state index in [1.54, 1.807) is 0 Å². The first-order chi connectivity index (χ1) is 10.3. The van der Waals surface area contributed by atoms with Crippen molar-refractivity contribution in [1.29, 1.82) is 0 Å². The van der Waals surface area contributed by atoms with E-state index in [2.05, 4.69) is 37.4 Å². The van der Waals surface area contributed by atoms with Gasteiger partial charge in [0, 0.05) is 52.1 Å². The zero-order valence-corrected chi connectivity index (χ0v) is 14.5. The van der Waals surface area contributed by atoms with Crippen molar-refractivity contribution >= 4 is 15.9 Å². The summed E-state index contributed by atoms with van der Waals surface area (Å²) in [6.45, 7) is 12.6. The molecule has 5 nitrogen and oxygen atoms in total. The molecule has 0 N–H and O–H groups in total. The van der Waals surface area contributed by atoms with Gasteiger partial charge >= 0.3 is 0 Å².